The normalized spacial score (nSPS) is 25.0. The highest BCUT2D eigenvalue weighted by Gasteiger charge is 2.43. The van der Waals surface area contributed by atoms with Crippen LogP contribution in [-0.2, 0) is 19.0 Å². The first-order valence-corrected chi connectivity index (χ1v) is 13.8. The lowest BCUT2D eigenvalue weighted by molar-refractivity contribution is -0.300. The lowest BCUT2D eigenvalue weighted by Crippen LogP contribution is -2.59. The number of carboxylic acid groups (broad SMARTS) is 1. The van der Waals surface area contributed by atoms with Crippen LogP contribution < -0.4 is 5.32 Å². The largest absolute Gasteiger partial charge is 0.480 e. The van der Waals surface area contributed by atoms with Crippen molar-refractivity contribution in [3.05, 3.63) is 59.7 Å². The second-order valence-corrected chi connectivity index (χ2v) is 10.5. The average molecular weight is 564 g/mol. The van der Waals surface area contributed by atoms with Crippen molar-refractivity contribution in [3.8, 4) is 11.1 Å². The van der Waals surface area contributed by atoms with Crippen molar-refractivity contribution < 1.29 is 49.3 Å². The van der Waals surface area contributed by atoms with Crippen LogP contribution in [0.15, 0.2) is 48.5 Å². The molecule has 212 valence electrons. The molecule has 11 nitrogen and oxygen atoms in total. The number of carboxylic acids is 1. The van der Waals surface area contributed by atoms with Crippen LogP contribution >= 0.6 is 11.8 Å². The van der Waals surface area contributed by atoms with E-state index in [9.17, 15) is 35.1 Å². The molecule has 1 saturated heterocycles. The summed E-state index contributed by atoms with van der Waals surface area (Å²) in [6.07, 6.45) is -7.08. The summed E-state index contributed by atoms with van der Waals surface area (Å²) >= 11 is 1.29. The molecule has 4 rings (SSSR count). The molecule has 1 amide bonds. The average Bonchev–Trinajstić information content (AvgIpc) is 3.26. The van der Waals surface area contributed by atoms with Gasteiger partial charge >= 0.3 is 12.1 Å². The number of aliphatic carboxylic acids is 1. The molecule has 2 aromatic rings. The van der Waals surface area contributed by atoms with Gasteiger partial charge in [0.1, 0.15) is 37.1 Å². The summed E-state index contributed by atoms with van der Waals surface area (Å²) in [6, 6.07) is 14.7. The standard InChI is InChI=1S/C27H33NO10S/c29-12-21-22(30)23(31)24(32)26(38-21)36-10-5-11-39-14-20(25(33)34)28-27(35)37-13-19-17-8-3-1-6-15(17)16-7-2-4-9-18(16)19/h1-4,6-9,19-24,26,29-32H,5,10-14H2,(H,28,35)(H,33,34)/t20-,21+,22-,23-,24+,26+/m0/s1. The van der Waals surface area contributed by atoms with E-state index in [4.69, 9.17) is 14.2 Å². The van der Waals surface area contributed by atoms with Gasteiger partial charge in [0.15, 0.2) is 6.29 Å². The number of benzene rings is 2. The number of carbonyl (C=O) groups is 2. The summed E-state index contributed by atoms with van der Waals surface area (Å²) in [5.74, 6) is -0.745. The zero-order chi connectivity index (χ0) is 27.9. The number of fused-ring (bicyclic) bond motifs is 3. The Hall–Kier alpha value is -2.71. The van der Waals surface area contributed by atoms with E-state index >= 15 is 0 Å². The van der Waals surface area contributed by atoms with E-state index in [0.717, 1.165) is 22.3 Å². The van der Waals surface area contributed by atoms with Crippen LogP contribution in [-0.4, -0.2) is 106 Å². The Bertz CT molecular complexity index is 1090. The number of alkyl carbamates (subject to hydrolysis) is 1. The van der Waals surface area contributed by atoms with Crippen LogP contribution in [0.3, 0.4) is 0 Å². The van der Waals surface area contributed by atoms with Crippen LogP contribution in [0.25, 0.3) is 11.1 Å². The van der Waals surface area contributed by atoms with Gasteiger partial charge in [0.2, 0.25) is 0 Å². The minimum atomic E-state index is -1.52. The van der Waals surface area contributed by atoms with E-state index in [1.54, 1.807) is 0 Å². The van der Waals surface area contributed by atoms with E-state index in [2.05, 4.69) is 5.32 Å². The zero-order valence-corrected chi connectivity index (χ0v) is 21.9. The number of ether oxygens (including phenoxy) is 3. The lowest BCUT2D eigenvalue weighted by atomic mass is 9.98. The van der Waals surface area contributed by atoms with Crippen LogP contribution in [0.5, 0.6) is 0 Å². The molecule has 0 saturated carbocycles. The molecule has 1 aliphatic carbocycles. The number of hydrogen-bond acceptors (Lipinski definition) is 10. The molecular weight excluding hydrogens is 530 g/mol. The highest BCUT2D eigenvalue weighted by atomic mass is 32.2. The summed E-state index contributed by atoms with van der Waals surface area (Å²) in [4.78, 5) is 24.1. The molecule has 0 bridgehead atoms. The zero-order valence-electron chi connectivity index (χ0n) is 21.1. The number of thioether (sulfide) groups is 1. The van der Waals surface area contributed by atoms with E-state index in [-0.39, 0.29) is 24.9 Å². The molecule has 0 radical (unpaired) electrons. The van der Waals surface area contributed by atoms with Crippen LogP contribution in [0, 0.1) is 0 Å². The monoisotopic (exact) mass is 563 g/mol. The molecule has 12 heteroatoms. The number of aliphatic hydroxyl groups excluding tert-OH is 4. The maximum Gasteiger partial charge on any atom is 0.407 e. The van der Waals surface area contributed by atoms with Crippen LogP contribution in [0.4, 0.5) is 4.79 Å². The van der Waals surface area contributed by atoms with Crippen molar-refractivity contribution in [3.63, 3.8) is 0 Å². The van der Waals surface area contributed by atoms with Gasteiger partial charge in [-0.15, -0.1) is 0 Å². The van der Waals surface area contributed by atoms with Crippen molar-refractivity contribution in [2.24, 2.45) is 0 Å². The first kappa shape index (κ1) is 29.3. The Morgan fingerprint density at radius 3 is 2.23 bits per heavy atom. The van der Waals surface area contributed by atoms with Gasteiger partial charge in [0.05, 0.1) is 13.2 Å². The maximum absolute atomic E-state index is 12.5. The van der Waals surface area contributed by atoms with Gasteiger partial charge in [-0.2, -0.15) is 11.8 Å². The molecule has 39 heavy (non-hydrogen) atoms. The van der Waals surface area contributed by atoms with E-state index < -0.39 is 55.4 Å². The van der Waals surface area contributed by atoms with Gasteiger partial charge in [0.25, 0.3) is 0 Å². The fourth-order valence-electron chi connectivity index (χ4n) is 4.72. The van der Waals surface area contributed by atoms with Crippen molar-refractivity contribution in [1.82, 2.24) is 5.32 Å². The van der Waals surface area contributed by atoms with E-state index in [0.29, 0.717) is 12.2 Å². The number of nitrogens with one attached hydrogen (secondary N) is 1. The van der Waals surface area contributed by atoms with Crippen LogP contribution in [0.1, 0.15) is 23.5 Å². The maximum atomic E-state index is 12.5. The molecule has 1 aliphatic heterocycles. The number of carbonyl (C=O) groups excluding carboxylic acids is 1. The van der Waals surface area contributed by atoms with Crippen molar-refractivity contribution >= 4 is 23.8 Å². The molecular formula is C27H33NO10S. The summed E-state index contributed by atoms with van der Waals surface area (Å²) < 4.78 is 16.1. The highest BCUT2D eigenvalue weighted by Crippen LogP contribution is 2.44. The van der Waals surface area contributed by atoms with Crippen molar-refractivity contribution in [2.45, 2.75) is 49.1 Å². The number of hydrogen-bond donors (Lipinski definition) is 6. The van der Waals surface area contributed by atoms with Crippen molar-refractivity contribution in [2.75, 3.05) is 31.3 Å². The summed E-state index contributed by atoms with van der Waals surface area (Å²) in [6.45, 7) is -0.351. The Balaban J connectivity index is 1.19. The van der Waals surface area contributed by atoms with E-state index in [1.165, 1.54) is 11.8 Å². The fraction of sp³-hybridized carbons (Fsp3) is 0.481. The predicted molar refractivity (Wildman–Crippen MR) is 141 cm³/mol. The van der Waals surface area contributed by atoms with E-state index in [1.807, 2.05) is 48.5 Å². The molecule has 1 fully saturated rings. The Morgan fingerprint density at radius 1 is 0.974 bits per heavy atom. The number of rotatable bonds is 12. The second kappa shape index (κ2) is 13.6. The SMILES string of the molecule is O=C(N[C@@H](CSCCCO[C@@H]1O[C@H](CO)[C@H](O)[C@H](O)[C@H]1O)C(=O)O)OCC1c2ccccc2-c2ccccc21. The Kier molecular flexibility index (Phi) is 10.2. The summed E-state index contributed by atoms with van der Waals surface area (Å²) in [5, 5.41) is 50.8. The van der Waals surface area contributed by atoms with Gasteiger partial charge in [-0.05, 0) is 34.4 Å². The molecule has 2 aliphatic rings. The summed E-state index contributed by atoms with van der Waals surface area (Å²) in [7, 11) is 0. The highest BCUT2D eigenvalue weighted by molar-refractivity contribution is 7.99. The molecule has 0 unspecified atom stereocenters. The lowest BCUT2D eigenvalue weighted by Gasteiger charge is -2.39. The van der Waals surface area contributed by atoms with Gasteiger partial charge < -0.3 is 45.1 Å². The smallest absolute Gasteiger partial charge is 0.407 e. The molecule has 0 spiro atoms. The number of amides is 1. The second-order valence-electron chi connectivity index (χ2n) is 9.36. The Morgan fingerprint density at radius 2 is 1.62 bits per heavy atom. The molecule has 1 heterocycles. The topological polar surface area (TPSA) is 175 Å². The Labute approximate surface area is 229 Å². The minimum absolute atomic E-state index is 0.0780. The predicted octanol–water partition coefficient (Wildman–Crippen LogP) is 0.918. The quantitative estimate of drug-likeness (QED) is 0.203. The first-order valence-electron chi connectivity index (χ1n) is 12.7. The molecule has 6 N–H and O–H groups in total. The third-order valence-electron chi connectivity index (χ3n) is 6.78. The van der Waals surface area contributed by atoms with Crippen molar-refractivity contribution in [1.29, 1.82) is 0 Å². The molecule has 2 aromatic carbocycles. The minimum Gasteiger partial charge on any atom is -0.480 e. The van der Waals surface area contributed by atoms with Gasteiger partial charge in [-0.1, -0.05) is 48.5 Å². The fourth-order valence-corrected chi connectivity index (χ4v) is 5.67. The first-order chi connectivity index (χ1) is 18.8. The van der Waals surface area contributed by atoms with Gasteiger partial charge in [-0.3, -0.25) is 0 Å². The van der Waals surface area contributed by atoms with Gasteiger partial charge in [0, 0.05) is 11.7 Å². The van der Waals surface area contributed by atoms with Crippen LogP contribution in [0.2, 0.25) is 0 Å². The summed E-state index contributed by atoms with van der Waals surface area (Å²) in [5.41, 5.74) is 4.31. The molecule has 6 atom stereocenters. The third-order valence-corrected chi connectivity index (χ3v) is 7.93. The number of aliphatic hydroxyl groups is 4. The third kappa shape index (κ3) is 6.90. The molecule has 0 aromatic heterocycles. The van der Waals surface area contributed by atoms with Gasteiger partial charge in [-0.25, -0.2) is 9.59 Å².